The molecule has 0 amide bonds. The second kappa shape index (κ2) is 6.72. The van der Waals surface area contributed by atoms with Crippen LogP contribution in [0.2, 0.25) is 0 Å². The van der Waals surface area contributed by atoms with Crippen molar-refractivity contribution in [2.75, 3.05) is 5.32 Å². The Morgan fingerprint density at radius 3 is 2.37 bits per heavy atom. The summed E-state index contributed by atoms with van der Waals surface area (Å²) in [6.45, 7) is 10.4. The minimum absolute atomic E-state index is 0.0912. The molecule has 7 heteroatoms. The minimum atomic E-state index is -0.308. The summed E-state index contributed by atoms with van der Waals surface area (Å²) in [5.74, 6) is 0.525. The lowest BCUT2D eigenvalue weighted by Gasteiger charge is -2.21. The molecule has 0 saturated carbocycles. The number of halogens is 1. The average Bonchev–Trinajstić information content (AvgIpc) is 3.13. The summed E-state index contributed by atoms with van der Waals surface area (Å²) < 4.78 is 19.5. The number of nitrogens with one attached hydrogen (secondary N) is 1. The van der Waals surface area contributed by atoms with Crippen LogP contribution in [0.1, 0.15) is 40.4 Å². The van der Waals surface area contributed by atoms with E-state index in [4.69, 9.17) is 4.98 Å². The van der Waals surface area contributed by atoms with Crippen LogP contribution in [0, 0.1) is 5.82 Å². The third-order valence-corrected chi connectivity index (χ3v) is 5.33. The van der Waals surface area contributed by atoms with Crippen LogP contribution in [0.15, 0.2) is 35.1 Å². The van der Waals surface area contributed by atoms with Gasteiger partial charge in [-0.15, -0.1) is 0 Å². The number of hydrogen-bond donors (Lipinski definition) is 1. The molecule has 2 aromatic carbocycles. The number of rotatable bonds is 3. The first kappa shape index (κ1) is 20.2. The van der Waals surface area contributed by atoms with Crippen molar-refractivity contribution in [3.05, 3.63) is 52.5 Å². The lowest BCUT2D eigenvalue weighted by Crippen LogP contribution is -2.19. The number of imidazole rings is 2. The van der Waals surface area contributed by atoms with Gasteiger partial charge in [-0.1, -0.05) is 20.8 Å². The maximum atomic E-state index is 14.2. The van der Waals surface area contributed by atoms with Crippen LogP contribution in [-0.4, -0.2) is 24.7 Å². The highest BCUT2D eigenvalue weighted by Gasteiger charge is 2.25. The zero-order chi connectivity index (χ0) is 22.0. The molecule has 158 valence electrons. The predicted octanol–water partition coefficient (Wildman–Crippen LogP) is 4.47. The molecule has 0 spiro atoms. The highest BCUT2D eigenvalue weighted by Crippen LogP contribution is 2.34. The van der Waals surface area contributed by atoms with Gasteiger partial charge in [-0.25, -0.2) is 14.2 Å². The van der Waals surface area contributed by atoms with Crippen molar-refractivity contribution in [1.29, 1.82) is 0 Å². The molecule has 2 aromatic heterocycles. The molecule has 2 heterocycles. The fraction of sp³-hybridized carbons (Fsp3) is 0.391. The predicted molar refractivity (Wildman–Crippen MR) is 120 cm³/mol. The van der Waals surface area contributed by atoms with Gasteiger partial charge in [0.2, 0.25) is 0 Å². The number of anilines is 1. The topological polar surface area (TPSA) is 56.8 Å². The molecule has 1 N–H and O–H groups in total. The van der Waals surface area contributed by atoms with E-state index in [1.807, 2.05) is 16.7 Å². The number of benzene rings is 2. The molecule has 4 rings (SSSR count). The van der Waals surface area contributed by atoms with Gasteiger partial charge in [0.05, 0.1) is 33.4 Å². The molecule has 0 aliphatic heterocycles. The van der Waals surface area contributed by atoms with E-state index in [0.29, 0.717) is 5.52 Å². The summed E-state index contributed by atoms with van der Waals surface area (Å²) in [7, 11) is 3.54. The number of aryl methyl sites for hydroxylation is 2. The summed E-state index contributed by atoms with van der Waals surface area (Å²) >= 11 is 0. The van der Waals surface area contributed by atoms with Crippen molar-refractivity contribution in [3.63, 3.8) is 0 Å². The Hall–Kier alpha value is -3.09. The zero-order valence-electron chi connectivity index (χ0n) is 18.5. The highest BCUT2D eigenvalue weighted by atomic mass is 19.1. The van der Waals surface area contributed by atoms with E-state index in [0.717, 1.165) is 33.7 Å². The molecule has 30 heavy (non-hydrogen) atoms. The zero-order valence-corrected chi connectivity index (χ0v) is 18.5. The normalized spacial score (nSPS) is 12.4. The van der Waals surface area contributed by atoms with Gasteiger partial charge in [0.25, 0.3) is 0 Å². The molecule has 0 fully saturated rings. The monoisotopic (exact) mass is 409 g/mol. The molecule has 0 bridgehead atoms. The lowest BCUT2D eigenvalue weighted by molar-refractivity contribution is 0.539. The molecule has 0 unspecified atom stereocenters. The maximum absolute atomic E-state index is 14.2. The second-order valence-corrected chi connectivity index (χ2v) is 9.21. The first-order chi connectivity index (χ1) is 14.0. The van der Waals surface area contributed by atoms with Crippen molar-refractivity contribution in [2.45, 2.75) is 46.1 Å². The van der Waals surface area contributed by atoms with E-state index in [1.165, 1.54) is 12.1 Å². The lowest BCUT2D eigenvalue weighted by atomic mass is 9.95. The van der Waals surface area contributed by atoms with Gasteiger partial charge < -0.3 is 5.32 Å². The van der Waals surface area contributed by atoms with Crippen LogP contribution in [-0.2, 0) is 19.5 Å². The van der Waals surface area contributed by atoms with E-state index in [1.54, 1.807) is 29.3 Å². The average molecular weight is 410 g/mol. The van der Waals surface area contributed by atoms with Crippen LogP contribution in [0.4, 0.5) is 10.1 Å². The molecule has 0 radical (unpaired) electrons. The summed E-state index contributed by atoms with van der Waals surface area (Å²) in [5.41, 5.74) is 4.43. The quantitative estimate of drug-likeness (QED) is 0.543. The standard InChI is InChI=1S/C23H28FN5O/c1-13(2)25-17-11-15(12-19-20(17)28(7)22(30)27(19)6)29-18-10-14(24)8-9-16(18)26-21(29)23(3,4)5/h8-13,25H,1-7H3. The van der Waals surface area contributed by atoms with Gasteiger partial charge in [-0.05, 0) is 38.1 Å². The van der Waals surface area contributed by atoms with Crippen molar-refractivity contribution < 1.29 is 4.39 Å². The van der Waals surface area contributed by atoms with Gasteiger partial charge in [-0.3, -0.25) is 13.7 Å². The molecular weight excluding hydrogens is 381 g/mol. The van der Waals surface area contributed by atoms with Crippen molar-refractivity contribution in [3.8, 4) is 5.69 Å². The Labute approximate surface area is 175 Å². The van der Waals surface area contributed by atoms with E-state index in [9.17, 15) is 9.18 Å². The molecule has 0 atom stereocenters. The number of fused-ring (bicyclic) bond motifs is 2. The maximum Gasteiger partial charge on any atom is 0.328 e. The van der Waals surface area contributed by atoms with Crippen molar-refractivity contribution in [2.24, 2.45) is 14.1 Å². The minimum Gasteiger partial charge on any atom is -0.381 e. The number of aromatic nitrogens is 4. The van der Waals surface area contributed by atoms with E-state index < -0.39 is 0 Å². The third-order valence-electron chi connectivity index (χ3n) is 5.33. The Bertz CT molecular complexity index is 1330. The Morgan fingerprint density at radius 1 is 1.03 bits per heavy atom. The summed E-state index contributed by atoms with van der Waals surface area (Å²) in [4.78, 5) is 17.5. The largest absolute Gasteiger partial charge is 0.381 e. The molecule has 0 aliphatic carbocycles. The Morgan fingerprint density at radius 2 is 1.73 bits per heavy atom. The molecular formula is C23H28FN5O. The van der Waals surface area contributed by atoms with Crippen LogP contribution >= 0.6 is 0 Å². The van der Waals surface area contributed by atoms with Gasteiger partial charge in [0, 0.05) is 31.6 Å². The van der Waals surface area contributed by atoms with Crippen LogP contribution < -0.4 is 11.0 Å². The summed E-state index contributed by atoms with van der Waals surface area (Å²) in [6, 6.07) is 8.83. The van der Waals surface area contributed by atoms with E-state index in [2.05, 4.69) is 39.9 Å². The summed E-state index contributed by atoms with van der Waals surface area (Å²) in [5, 5.41) is 3.47. The Balaban J connectivity index is 2.14. The number of hydrogen-bond acceptors (Lipinski definition) is 3. The second-order valence-electron chi connectivity index (χ2n) is 9.21. The fourth-order valence-electron chi connectivity index (χ4n) is 4.00. The number of nitrogens with zero attached hydrogens (tertiary/aromatic N) is 4. The first-order valence-corrected chi connectivity index (χ1v) is 10.1. The van der Waals surface area contributed by atoms with Crippen molar-refractivity contribution >= 4 is 27.8 Å². The summed E-state index contributed by atoms with van der Waals surface area (Å²) in [6.07, 6.45) is 0. The molecule has 4 aromatic rings. The molecule has 6 nitrogen and oxygen atoms in total. The van der Waals surface area contributed by atoms with E-state index >= 15 is 0 Å². The fourth-order valence-corrected chi connectivity index (χ4v) is 4.00. The third kappa shape index (κ3) is 3.09. The Kier molecular flexibility index (Phi) is 4.52. The van der Waals surface area contributed by atoms with Crippen LogP contribution in [0.3, 0.4) is 0 Å². The SMILES string of the molecule is CC(C)Nc1cc(-n2c(C(C)(C)C)nc3ccc(F)cc32)cc2c1n(C)c(=O)n2C. The molecule has 0 aliphatic rings. The van der Waals surface area contributed by atoms with E-state index in [-0.39, 0.29) is 23.0 Å². The highest BCUT2D eigenvalue weighted by molar-refractivity contribution is 5.92. The van der Waals surface area contributed by atoms with Gasteiger partial charge >= 0.3 is 5.69 Å². The van der Waals surface area contributed by atoms with Gasteiger partial charge in [0.1, 0.15) is 11.6 Å². The molecule has 0 saturated heterocycles. The van der Waals surface area contributed by atoms with Gasteiger partial charge in [-0.2, -0.15) is 0 Å². The smallest absolute Gasteiger partial charge is 0.328 e. The van der Waals surface area contributed by atoms with Crippen molar-refractivity contribution in [1.82, 2.24) is 18.7 Å². The van der Waals surface area contributed by atoms with Crippen LogP contribution in [0.5, 0.6) is 0 Å². The van der Waals surface area contributed by atoms with Gasteiger partial charge in [0.15, 0.2) is 0 Å². The van der Waals surface area contributed by atoms with Crippen LogP contribution in [0.25, 0.3) is 27.8 Å². The first-order valence-electron chi connectivity index (χ1n) is 10.1.